The van der Waals surface area contributed by atoms with E-state index in [9.17, 15) is 4.79 Å². The molecule has 0 bridgehead atoms. The molecule has 1 unspecified atom stereocenters. The average molecular weight is 407 g/mol. The van der Waals surface area contributed by atoms with Gasteiger partial charge >= 0.3 is 0 Å². The molecule has 2 aromatic carbocycles. The average Bonchev–Trinajstić information content (AvgIpc) is 3.17. The second-order valence-corrected chi connectivity index (χ2v) is 7.45. The zero-order valence-electron chi connectivity index (χ0n) is 13.9. The Balaban J connectivity index is 1.56. The number of nitrogens with zero attached hydrogens (tertiary/aromatic N) is 3. The Hall–Kier alpha value is -2.02. The van der Waals surface area contributed by atoms with Crippen LogP contribution < -0.4 is 5.32 Å². The summed E-state index contributed by atoms with van der Waals surface area (Å²) in [6.07, 6.45) is 3.12. The molecule has 0 radical (unpaired) electrons. The molecule has 26 heavy (non-hydrogen) atoms. The number of rotatable bonds is 6. The molecule has 3 aromatic rings. The van der Waals surface area contributed by atoms with E-state index in [-0.39, 0.29) is 17.7 Å². The van der Waals surface area contributed by atoms with Crippen molar-refractivity contribution in [2.45, 2.75) is 17.9 Å². The number of benzene rings is 2. The van der Waals surface area contributed by atoms with Gasteiger partial charge in [-0.15, -0.1) is 11.8 Å². The Morgan fingerprint density at radius 3 is 2.69 bits per heavy atom. The van der Waals surface area contributed by atoms with Crippen molar-refractivity contribution in [3.63, 3.8) is 0 Å². The van der Waals surface area contributed by atoms with E-state index < -0.39 is 0 Å². The van der Waals surface area contributed by atoms with Gasteiger partial charge in [0.15, 0.2) is 0 Å². The lowest BCUT2D eigenvalue weighted by Gasteiger charge is -2.15. The maximum atomic E-state index is 12.2. The molecule has 1 N–H and O–H groups in total. The minimum absolute atomic E-state index is 0.0705. The molecule has 0 fully saturated rings. The summed E-state index contributed by atoms with van der Waals surface area (Å²) in [5, 5.41) is 8.26. The number of carbonyl (C=O) groups excluding carboxylic acids is 1. The molecule has 1 amide bonds. The van der Waals surface area contributed by atoms with Gasteiger partial charge in [0.2, 0.25) is 5.91 Å². The summed E-state index contributed by atoms with van der Waals surface area (Å²) in [4.78, 5) is 16.9. The SMILES string of the molecule is CC(NC(=O)CSc1cc(Cl)ccc1Cl)c1ccc(-n2cncn2)cc1. The number of nitrogens with one attached hydrogen (secondary N) is 1. The molecule has 0 spiro atoms. The number of halogens is 2. The topological polar surface area (TPSA) is 59.8 Å². The second kappa shape index (κ2) is 8.58. The first-order chi connectivity index (χ1) is 12.5. The molecule has 0 aliphatic rings. The van der Waals surface area contributed by atoms with Gasteiger partial charge in [0, 0.05) is 9.92 Å². The first kappa shape index (κ1) is 18.8. The van der Waals surface area contributed by atoms with Crippen LogP contribution in [0.25, 0.3) is 5.69 Å². The highest BCUT2D eigenvalue weighted by molar-refractivity contribution is 8.00. The Morgan fingerprint density at radius 2 is 2.00 bits per heavy atom. The summed E-state index contributed by atoms with van der Waals surface area (Å²) < 4.78 is 1.68. The molecular formula is C18H16Cl2N4OS. The van der Waals surface area contributed by atoms with Crippen LogP contribution in [0.3, 0.4) is 0 Å². The number of aromatic nitrogens is 3. The van der Waals surface area contributed by atoms with Crippen LogP contribution in [0.1, 0.15) is 18.5 Å². The zero-order valence-corrected chi connectivity index (χ0v) is 16.2. The predicted molar refractivity (Wildman–Crippen MR) is 105 cm³/mol. The van der Waals surface area contributed by atoms with Crippen LogP contribution in [0, 0.1) is 0 Å². The summed E-state index contributed by atoms with van der Waals surface area (Å²) in [5.74, 6) is 0.195. The van der Waals surface area contributed by atoms with E-state index >= 15 is 0 Å². The van der Waals surface area contributed by atoms with Crippen LogP contribution in [0.2, 0.25) is 10.0 Å². The molecule has 1 heterocycles. The fraction of sp³-hybridized carbons (Fsp3) is 0.167. The van der Waals surface area contributed by atoms with Gasteiger partial charge in [-0.2, -0.15) is 5.10 Å². The molecule has 1 atom stereocenters. The number of carbonyl (C=O) groups is 1. The van der Waals surface area contributed by atoms with Crippen molar-refractivity contribution < 1.29 is 4.79 Å². The van der Waals surface area contributed by atoms with Gasteiger partial charge in [-0.3, -0.25) is 4.79 Å². The van der Waals surface area contributed by atoms with E-state index in [4.69, 9.17) is 23.2 Å². The zero-order chi connectivity index (χ0) is 18.5. The maximum Gasteiger partial charge on any atom is 0.230 e. The van der Waals surface area contributed by atoms with E-state index in [0.29, 0.717) is 10.0 Å². The van der Waals surface area contributed by atoms with Gasteiger partial charge in [-0.1, -0.05) is 35.3 Å². The highest BCUT2D eigenvalue weighted by atomic mass is 35.5. The first-order valence-electron chi connectivity index (χ1n) is 7.85. The van der Waals surface area contributed by atoms with Crippen LogP contribution in [0.5, 0.6) is 0 Å². The minimum Gasteiger partial charge on any atom is -0.349 e. The van der Waals surface area contributed by atoms with E-state index in [1.807, 2.05) is 31.2 Å². The molecule has 0 aliphatic heterocycles. The van der Waals surface area contributed by atoms with Gasteiger partial charge in [0.1, 0.15) is 12.7 Å². The molecule has 0 aliphatic carbocycles. The Kier molecular flexibility index (Phi) is 6.19. The van der Waals surface area contributed by atoms with Gasteiger partial charge in [0.25, 0.3) is 0 Å². The lowest BCUT2D eigenvalue weighted by molar-refractivity contribution is -0.119. The van der Waals surface area contributed by atoms with Crippen LogP contribution in [0.4, 0.5) is 0 Å². The standard InChI is InChI=1S/C18H16Cl2N4OS/c1-12(13-2-5-15(6-3-13)24-11-21-10-22-24)23-18(25)9-26-17-8-14(19)4-7-16(17)20/h2-8,10-12H,9H2,1H3,(H,23,25). The van der Waals surface area contributed by atoms with E-state index in [2.05, 4.69) is 15.4 Å². The van der Waals surface area contributed by atoms with Gasteiger partial charge < -0.3 is 5.32 Å². The first-order valence-corrected chi connectivity index (χ1v) is 9.59. The minimum atomic E-state index is -0.109. The third-order valence-electron chi connectivity index (χ3n) is 3.71. The van der Waals surface area contributed by atoms with E-state index in [1.54, 1.807) is 29.2 Å². The van der Waals surface area contributed by atoms with Crippen molar-refractivity contribution in [2.75, 3.05) is 5.75 Å². The largest absolute Gasteiger partial charge is 0.349 e. The predicted octanol–water partition coefficient (Wildman–Crippen LogP) is 4.54. The Labute approximate surface area is 165 Å². The molecular weight excluding hydrogens is 391 g/mol. The molecule has 0 saturated carbocycles. The van der Waals surface area contributed by atoms with Gasteiger partial charge in [0.05, 0.1) is 22.5 Å². The quantitative estimate of drug-likeness (QED) is 0.610. The summed E-state index contributed by atoms with van der Waals surface area (Å²) in [6, 6.07) is 12.9. The molecule has 5 nitrogen and oxygen atoms in total. The normalized spacial score (nSPS) is 12.0. The van der Waals surface area contributed by atoms with Crippen LogP contribution in [-0.2, 0) is 4.79 Å². The van der Waals surface area contributed by atoms with Gasteiger partial charge in [-0.05, 0) is 42.8 Å². The maximum absolute atomic E-state index is 12.2. The number of amides is 1. The van der Waals surface area contributed by atoms with Crippen molar-refractivity contribution in [1.82, 2.24) is 20.1 Å². The van der Waals surface area contributed by atoms with Crippen molar-refractivity contribution in [1.29, 1.82) is 0 Å². The van der Waals surface area contributed by atoms with Gasteiger partial charge in [-0.25, -0.2) is 9.67 Å². The highest BCUT2D eigenvalue weighted by Crippen LogP contribution is 2.29. The fourth-order valence-corrected chi connectivity index (χ4v) is 3.66. The van der Waals surface area contributed by atoms with Crippen molar-refractivity contribution in [2.24, 2.45) is 0 Å². The van der Waals surface area contributed by atoms with Crippen LogP contribution in [-0.4, -0.2) is 26.4 Å². The third kappa shape index (κ3) is 4.78. The van der Waals surface area contributed by atoms with Crippen molar-refractivity contribution in [3.05, 3.63) is 70.7 Å². The molecule has 0 saturated heterocycles. The highest BCUT2D eigenvalue weighted by Gasteiger charge is 2.11. The van der Waals surface area contributed by atoms with E-state index in [1.165, 1.54) is 18.1 Å². The smallest absolute Gasteiger partial charge is 0.230 e. The Morgan fingerprint density at radius 1 is 1.23 bits per heavy atom. The summed E-state index contributed by atoms with van der Waals surface area (Å²) in [5.41, 5.74) is 1.92. The lowest BCUT2D eigenvalue weighted by atomic mass is 10.1. The van der Waals surface area contributed by atoms with Crippen LogP contribution >= 0.6 is 35.0 Å². The van der Waals surface area contributed by atoms with Crippen LogP contribution in [0.15, 0.2) is 60.0 Å². The van der Waals surface area contributed by atoms with Crippen molar-refractivity contribution >= 4 is 40.9 Å². The molecule has 1 aromatic heterocycles. The molecule has 3 rings (SSSR count). The summed E-state index contributed by atoms with van der Waals surface area (Å²) in [6.45, 7) is 1.94. The second-order valence-electron chi connectivity index (χ2n) is 5.58. The summed E-state index contributed by atoms with van der Waals surface area (Å²) in [7, 11) is 0. The number of thioether (sulfide) groups is 1. The monoisotopic (exact) mass is 406 g/mol. The lowest BCUT2D eigenvalue weighted by Crippen LogP contribution is -2.28. The molecule has 8 heteroatoms. The van der Waals surface area contributed by atoms with E-state index in [0.717, 1.165) is 16.1 Å². The molecule has 134 valence electrons. The van der Waals surface area contributed by atoms with Crippen molar-refractivity contribution in [3.8, 4) is 5.69 Å². The number of hydrogen-bond donors (Lipinski definition) is 1. The fourth-order valence-electron chi connectivity index (χ4n) is 2.35. The Bertz CT molecular complexity index is 885. The summed E-state index contributed by atoms with van der Waals surface area (Å²) >= 11 is 13.4. The third-order valence-corrected chi connectivity index (χ3v) is 5.44. The number of hydrogen-bond acceptors (Lipinski definition) is 4.